The van der Waals surface area contributed by atoms with Gasteiger partial charge in [0.2, 0.25) is 0 Å². The zero-order valence-corrected chi connectivity index (χ0v) is 13.0. The van der Waals surface area contributed by atoms with Crippen molar-refractivity contribution in [3.63, 3.8) is 0 Å². The summed E-state index contributed by atoms with van der Waals surface area (Å²) in [6.45, 7) is 3.80. The van der Waals surface area contributed by atoms with E-state index in [1.807, 2.05) is 32.0 Å². The predicted octanol–water partition coefficient (Wildman–Crippen LogP) is 5.95. The van der Waals surface area contributed by atoms with Gasteiger partial charge in [-0.05, 0) is 42.7 Å². The minimum Gasteiger partial charge on any atom is -0.206 e. The van der Waals surface area contributed by atoms with Gasteiger partial charge in [-0.3, -0.25) is 0 Å². The molecule has 0 amide bonds. The Morgan fingerprint density at radius 1 is 1.00 bits per heavy atom. The molecule has 0 saturated heterocycles. The molecule has 0 heterocycles. The standard InChI is InChI=1S/C16H13BrF4/c1-9-3-4-10(2)12(7-9)15(17)11-5-6-14(18)13(8-11)16(19,20)21/h3-8,15H,1-2H3. The van der Waals surface area contributed by atoms with Crippen LogP contribution in [-0.2, 0) is 6.18 Å². The average Bonchev–Trinajstić information content (AvgIpc) is 2.40. The quantitative estimate of drug-likeness (QED) is 0.458. The van der Waals surface area contributed by atoms with Crippen LogP contribution in [0.4, 0.5) is 17.6 Å². The SMILES string of the molecule is Cc1ccc(C)c(C(Br)c2ccc(F)c(C(F)(F)F)c2)c1. The number of benzene rings is 2. The molecular formula is C16H13BrF4. The molecule has 112 valence electrons. The molecule has 2 aromatic carbocycles. The summed E-state index contributed by atoms with van der Waals surface area (Å²) in [5.41, 5.74) is 1.97. The molecule has 0 nitrogen and oxygen atoms in total. The second-order valence-electron chi connectivity index (χ2n) is 4.96. The predicted molar refractivity (Wildman–Crippen MR) is 78.1 cm³/mol. The van der Waals surface area contributed by atoms with Gasteiger partial charge in [0.1, 0.15) is 5.82 Å². The molecular weight excluding hydrogens is 348 g/mol. The van der Waals surface area contributed by atoms with Crippen molar-refractivity contribution >= 4 is 15.9 Å². The molecule has 0 N–H and O–H groups in total. The Kier molecular flexibility index (Phi) is 4.42. The van der Waals surface area contributed by atoms with Crippen molar-refractivity contribution in [3.05, 3.63) is 70.0 Å². The normalized spacial score (nSPS) is 13.3. The van der Waals surface area contributed by atoms with Crippen LogP contribution in [0.3, 0.4) is 0 Å². The van der Waals surface area contributed by atoms with Crippen molar-refractivity contribution < 1.29 is 17.6 Å². The van der Waals surface area contributed by atoms with E-state index >= 15 is 0 Å². The summed E-state index contributed by atoms with van der Waals surface area (Å²) in [5.74, 6) is -1.26. The summed E-state index contributed by atoms with van der Waals surface area (Å²) < 4.78 is 51.7. The number of rotatable bonds is 2. The van der Waals surface area contributed by atoms with Crippen molar-refractivity contribution in [1.82, 2.24) is 0 Å². The van der Waals surface area contributed by atoms with Crippen molar-refractivity contribution in [2.75, 3.05) is 0 Å². The van der Waals surface area contributed by atoms with Gasteiger partial charge >= 0.3 is 6.18 Å². The van der Waals surface area contributed by atoms with E-state index in [4.69, 9.17) is 0 Å². The van der Waals surface area contributed by atoms with Crippen molar-refractivity contribution in [1.29, 1.82) is 0 Å². The maximum Gasteiger partial charge on any atom is 0.419 e. The van der Waals surface area contributed by atoms with E-state index in [0.29, 0.717) is 5.56 Å². The zero-order valence-electron chi connectivity index (χ0n) is 11.4. The average molecular weight is 361 g/mol. The Labute approximate surface area is 128 Å². The maximum atomic E-state index is 13.3. The lowest BCUT2D eigenvalue weighted by Crippen LogP contribution is -2.09. The lowest BCUT2D eigenvalue weighted by atomic mass is 9.97. The van der Waals surface area contributed by atoms with E-state index in [1.165, 1.54) is 6.07 Å². The first-order valence-corrected chi connectivity index (χ1v) is 7.19. The van der Waals surface area contributed by atoms with Crippen LogP contribution in [0.15, 0.2) is 36.4 Å². The fourth-order valence-electron chi connectivity index (χ4n) is 2.13. The minimum absolute atomic E-state index is 0.373. The molecule has 21 heavy (non-hydrogen) atoms. The van der Waals surface area contributed by atoms with Crippen LogP contribution in [0.25, 0.3) is 0 Å². The Balaban J connectivity index is 2.49. The molecule has 0 aromatic heterocycles. The van der Waals surface area contributed by atoms with Crippen LogP contribution in [0.1, 0.15) is 32.6 Å². The van der Waals surface area contributed by atoms with E-state index in [-0.39, 0.29) is 0 Å². The number of hydrogen-bond acceptors (Lipinski definition) is 0. The number of alkyl halides is 4. The Bertz CT molecular complexity index is 662. The van der Waals surface area contributed by atoms with Gasteiger partial charge in [-0.15, -0.1) is 0 Å². The summed E-state index contributed by atoms with van der Waals surface area (Å²) in [5, 5.41) is 0. The van der Waals surface area contributed by atoms with Crippen LogP contribution in [0.5, 0.6) is 0 Å². The summed E-state index contributed by atoms with van der Waals surface area (Å²) in [6.07, 6.45) is -4.70. The third-order valence-electron chi connectivity index (χ3n) is 3.30. The van der Waals surface area contributed by atoms with E-state index in [0.717, 1.165) is 28.8 Å². The lowest BCUT2D eigenvalue weighted by molar-refractivity contribution is -0.140. The molecule has 0 aliphatic heterocycles. The molecule has 1 atom stereocenters. The molecule has 0 aliphatic carbocycles. The molecule has 2 rings (SSSR count). The first kappa shape index (κ1) is 16.0. The smallest absolute Gasteiger partial charge is 0.206 e. The van der Waals surface area contributed by atoms with Crippen molar-refractivity contribution in [2.45, 2.75) is 24.9 Å². The third kappa shape index (κ3) is 3.46. The van der Waals surface area contributed by atoms with Crippen molar-refractivity contribution in [3.8, 4) is 0 Å². The number of aryl methyl sites for hydroxylation is 2. The molecule has 0 saturated carbocycles. The second kappa shape index (κ2) is 5.79. The van der Waals surface area contributed by atoms with Gasteiger partial charge in [0.15, 0.2) is 0 Å². The molecule has 0 bridgehead atoms. The van der Waals surface area contributed by atoms with Crippen LogP contribution < -0.4 is 0 Å². The lowest BCUT2D eigenvalue weighted by Gasteiger charge is -2.16. The molecule has 1 unspecified atom stereocenters. The Hall–Kier alpha value is -1.36. The van der Waals surface area contributed by atoms with Crippen LogP contribution in [0.2, 0.25) is 0 Å². The number of hydrogen-bond donors (Lipinski definition) is 0. The third-order valence-corrected chi connectivity index (χ3v) is 4.32. The summed E-state index contributed by atoms with van der Waals surface area (Å²) in [6, 6.07) is 8.84. The molecule has 0 radical (unpaired) electrons. The van der Waals surface area contributed by atoms with Gasteiger partial charge in [0, 0.05) is 0 Å². The highest BCUT2D eigenvalue weighted by Crippen LogP contribution is 2.38. The van der Waals surface area contributed by atoms with Gasteiger partial charge in [-0.2, -0.15) is 13.2 Å². The maximum absolute atomic E-state index is 13.3. The second-order valence-corrected chi connectivity index (χ2v) is 5.88. The largest absolute Gasteiger partial charge is 0.419 e. The molecule has 0 spiro atoms. The summed E-state index contributed by atoms with van der Waals surface area (Å²) >= 11 is 3.41. The molecule has 2 aromatic rings. The van der Waals surface area contributed by atoms with Gasteiger partial charge < -0.3 is 0 Å². The van der Waals surface area contributed by atoms with Crippen molar-refractivity contribution in [2.24, 2.45) is 0 Å². The Morgan fingerprint density at radius 2 is 1.67 bits per heavy atom. The monoisotopic (exact) mass is 360 g/mol. The van der Waals surface area contributed by atoms with Gasteiger partial charge in [-0.1, -0.05) is 45.8 Å². The fourth-order valence-corrected chi connectivity index (χ4v) is 2.91. The topological polar surface area (TPSA) is 0 Å². The Morgan fingerprint density at radius 3 is 2.29 bits per heavy atom. The minimum atomic E-state index is -4.70. The van der Waals surface area contributed by atoms with Gasteiger partial charge in [0.05, 0.1) is 10.4 Å². The first-order valence-electron chi connectivity index (χ1n) is 6.28. The highest BCUT2D eigenvalue weighted by atomic mass is 79.9. The van der Waals surface area contributed by atoms with Gasteiger partial charge in [-0.25, -0.2) is 4.39 Å². The number of halogens is 5. The van der Waals surface area contributed by atoms with E-state index in [1.54, 1.807) is 0 Å². The molecule has 5 heteroatoms. The fraction of sp³-hybridized carbons (Fsp3) is 0.250. The van der Waals surface area contributed by atoms with Crippen LogP contribution in [0, 0.1) is 19.7 Å². The van der Waals surface area contributed by atoms with E-state index < -0.39 is 22.4 Å². The van der Waals surface area contributed by atoms with E-state index in [2.05, 4.69) is 15.9 Å². The van der Waals surface area contributed by atoms with Gasteiger partial charge in [0.25, 0.3) is 0 Å². The van der Waals surface area contributed by atoms with E-state index in [9.17, 15) is 17.6 Å². The summed E-state index contributed by atoms with van der Waals surface area (Å²) in [7, 11) is 0. The first-order chi connectivity index (χ1) is 9.70. The molecule has 0 aliphatic rings. The summed E-state index contributed by atoms with van der Waals surface area (Å²) in [4.78, 5) is -0.418. The zero-order chi connectivity index (χ0) is 15.8. The van der Waals surface area contributed by atoms with Crippen LogP contribution >= 0.6 is 15.9 Å². The molecule has 0 fully saturated rings. The highest BCUT2D eigenvalue weighted by molar-refractivity contribution is 9.09. The van der Waals surface area contributed by atoms with Crippen LogP contribution in [-0.4, -0.2) is 0 Å². The highest BCUT2D eigenvalue weighted by Gasteiger charge is 2.34.